The Bertz CT molecular complexity index is 417. The van der Waals surface area contributed by atoms with Gasteiger partial charge in [0.25, 0.3) is 0 Å². The van der Waals surface area contributed by atoms with Crippen molar-refractivity contribution in [1.82, 2.24) is 0 Å². The van der Waals surface area contributed by atoms with Gasteiger partial charge >= 0.3 is 59.1 Å². The van der Waals surface area contributed by atoms with Crippen LogP contribution >= 0.6 is 7.82 Å². The van der Waals surface area contributed by atoms with Crippen molar-refractivity contribution in [3.05, 3.63) is 29.3 Å². The summed E-state index contributed by atoms with van der Waals surface area (Å²) < 4.78 is 15.4. The second kappa shape index (κ2) is 9.24. The topological polar surface area (TPSA) is 72.4 Å². The summed E-state index contributed by atoms with van der Waals surface area (Å²) in [7, 11) is -5.02. The standard InChI is InChI=1S/C12H19O4P.2Na/c1-8(2)10-6-5-7-11(9(3)4)12(10)16-17(13,14)15;;/h5-9H,1-4H3,(H2,13,14,15);;/q;2*+1/p-2. The first-order chi connectivity index (χ1) is 7.72. The average molecular weight is 302 g/mol. The van der Waals surface area contributed by atoms with Gasteiger partial charge in [-0.2, -0.15) is 0 Å². The third-order valence-corrected chi connectivity index (χ3v) is 2.93. The van der Waals surface area contributed by atoms with Gasteiger partial charge in [-0.15, -0.1) is 0 Å². The number of benzene rings is 1. The summed E-state index contributed by atoms with van der Waals surface area (Å²) in [6.45, 7) is 7.69. The maximum Gasteiger partial charge on any atom is 1.00 e. The summed E-state index contributed by atoms with van der Waals surface area (Å²) in [4.78, 5) is 21.6. The minimum Gasteiger partial charge on any atom is -0.780 e. The van der Waals surface area contributed by atoms with E-state index < -0.39 is 7.82 Å². The predicted octanol–water partition coefficient (Wildman–Crippen LogP) is -3.85. The van der Waals surface area contributed by atoms with Crippen LogP contribution in [-0.2, 0) is 4.57 Å². The molecule has 0 unspecified atom stereocenters. The van der Waals surface area contributed by atoms with E-state index in [-0.39, 0.29) is 76.7 Å². The van der Waals surface area contributed by atoms with Gasteiger partial charge in [-0.3, -0.25) is 0 Å². The molecule has 0 spiro atoms. The van der Waals surface area contributed by atoms with E-state index in [1.54, 1.807) is 12.1 Å². The van der Waals surface area contributed by atoms with Gasteiger partial charge in [-0.1, -0.05) is 45.9 Å². The zero-order chi connectivity index (χ0) is 13.2. The van der Waals surface area contributed by atoms with Crippen LogP contribution in [0, 0.1) is 0 Å². The fourth-order valence-corrected chi connectivity index (χ4v) is 2.13. The van der Waals surface area contributed by atoms with Gasteiger partial charge < -0.3 is 18.9 Å². The van der Waals surface area contributed by atoms with Gasteiger partial charge in [-0.05, 0) is 23.0 Å². The van der Waals surface area contributed by atoms with E-state index in [0.717, 1.165) is 11.1 Å². The molecule has 0 aliphatic rings. The van der Waals surface area contributed by atoms with E-state index in [2.05, 4.69) is 4.52 Å². The number of para-hydroxylation sites is 1. The molecule has 96 valence electrons. The molecule has 0 radical (unpaired) electrons. The van der Waals surface area contributed by atoms with Crippen LogP contribution in [-0.4, -0.2) is 0 Å². The van der Waals surface area contributed by atoms with Crippen LogP contribution in [0.15, 0.2) is 18.2 Å². The second-order valence-corrected chi connectivity index (χ2v) is 5.69. The molecule has 0 saturated heterocycles. The summed E-state index contributed by atoms with van der Waals surface area (Å²) in [5, 5.41) is 0. The fourth-order valence-electron chi connectivity index (χ4n) is 1.70. The molecule has 0 N–H and O–H groups in total. The Morgan fingerprint density at radius 3 is 1.63 bits per heavy atom. The SMILES string of the molecule is CC(C)c1cccc(C(C)C)c1OP(=O)([O-])[O-].[Na+].[Na+]. The van der Waals surface area contributed by atoms with Crippen LogP contribution in [0.4, 0.5) is 0 Å². The minimum absolute atomic E-state index is 0. The number of hydrogen-bond donors (Lipinski definition) is 0. The summed E-state index contributed by atoms with van der Waals surface area (Å²) in [6.07, 6.45) is 0. The normalized spacial score (nSPS) is 10.9. The number of phosphoric acid groups is 1. The number of hydrogen-bond acceptors (Lipinski definition) is 4. The molecule has 0 atom stereocenters. The Morgan fingerprint density at radius 2 is 1.37 bits per heavy atom. The van der Waals surface area contributed by atoms with Crippen LogP contribution in [0.2, 0.25) is 0 Å². The first kappa shape index (κ1) is 22.5. The van der Waals surface area contributed by atoms with Gasteiger partial charge in [0.15, 0.2) is 0 Å². The van der Waals surface area contributed by atoms with Crippen LogP contribution in [0.25, 0.3) is 0 Å². The molecule has 0 aliphatic carbocycles. The molecule has 0 aliphatic heterocycles. The molecule has 7 heteroatoms. The molecule has 0 fully saturated rings. The molecule has 0 heterocycles. The number of phosphoric ester groups is 1. The molecule has 19 heavy (non-hydrogen) atoms. The van der Waals surface area contributed by atoms with E-state index in [1.165, 1.54) is 0 Å². The van der Waals surface area contributed by atoms with Gasteiger partial charge in [0.1, 0.15) is 13.6 Å². The van der Waals surface area contributed by atoms with Crippen molar-refractivity contribution in [3.8, 4) is 5.75 Å². The average Bonchev–Trinajstić information content (AvgIpc) is 2.14. The maximum atomic E-state index is 10.8. The van der Waals surface area contributed by atoms with E-state index in [1.807, 2.05) is 33.8 Å². The van der Waals surface area contributed by atoms with Crippen LogP contribution in [0.3, 0.4) is 0 Å². The Kier molecular flexibility index (Phi) is 10.9. The largest absolute Gasteiger partial charge is 1.00 e. The van der Waals surface area contributed by atoms with E-state index >= 15 is 0 Å². The second-order valence-electron chi connectivity index (χ2n) is 4.61. The zero-order valence-corrected chi connectivity index (χ0v) is 17.4. The van der Waals surface area contributed by atoms with Gasteiger partial charge in [0, 0.05) is 0 Å². The molecule has 1 aromatic rings. The zero-order valence-electron chi connectivity index (χ0n) is 12.5. The Balaban J connectivity index is 0. The summed E-state index contributed by atoms with van der Waals surface area (Å²) in [5.74, 6) is 0.385. The van der Waals surface area contributed by atoms with E-state index in [4.69, 9.17) is 0 Å². The number of rotatable bonds is 4. The van der Waals surface area contributed by atoms with Crippen molar-refractivity contribution in [2.45, 2.75) is 39.5 Å². The molecular weight excluding hydrogens is 285 g/mol. The van der Waals surface area contributed by atoms with E-state index in [0.29, 0.717) is 0 Å². The van der Waals surface area contributed by atoms with Crippen molar-refractivity contribution in [2.24, 2.45) is 0 Å². The predicted molar refractivity (Wildman–Crippen MR) is 62.9 cm³/mol. The van der Waals surface area contributed by atoms with Crippen molar-refractivity contribution in [2.75, 3.05) is 0 Å². The molecule has 0 saturated carbocycles. The van der Waals surface area contributed by atoms with Crippen LogP contribution in [0.1, 0.15) is 50.7 Å². The fraction of sp³-hybridized carbons (Fsp3) is 0.500. The maximum absolute atomic E-state index is 10.8. The Labute approximate surface area is 159 Å². The quantitative estimate of drug-likeness (QED) is 0.422. The van der Waals surface area contributed by atoms with Crippen molar-refractivity contribution >= 4 is 7.82 Å². The Hall–Kier alpha value is 1.17. The van der Waals surface area contributed by atoms with Crippen molar-refractivity contribution < 1.29 is 78.0 Å². The van der Waals surface area contributed by atoms with Crippen LogP contribution < -0.4 is 73.4 Å². The molecule has 0 bridgehead atoms. The monoisotopic (exact) mass is 302 g/mol. The first-order valence-corrected chi connectivity index (χ1v) is 7.03. The van der Waals surface area contributed by atoms with Crippen molar-refractivity contribution in [1.29, 1.82) is 0 Å². The van der Waals surface area contributed by atoms with Crippen molar-refractivity contribution in [3.63, 3.8) is 0 Å². The molecule has 4 nitrogen and oxygen atoms in total. The smallest absolute Gasteiger partial charge is 0.780 e. The third-order valence-electron chi connectivity index (χ3n) is 2.52. The first-order valence-electron chi connectivity index (χ1n) is 5.57. The molecule has 1 rings (SSSR count). The van der Waals surface area contributed by atoms with Gasteiger partial charge in [0.2, 0.25) is 0 Å². The summed E-state index contributed by atoms with van der Waals surface area (Å²) in [5.41, 5.74) is 1.48. The van der Waals surface area contributed by atoms with Gasteiger partial charge in [-0.25, -0.2) is 0 Å². The van der Waals surface area contributed by atoms with Gasteiger partial charge in [0.05, 0.1) is 0 Å². The summed E-state index contributed by atoms with van der Waals surface area (Å²) >= 11 is 0. The minimum atomic E-state index is -5.02. The van der Waals surface area contributed by atoms with E-state index in [9.17, 15) is 14.4 Å². The molecule has 0 aromatic heterocycles. The third kappa shape index (κ3) is 7.12. The molecular formula is C12H17Na2O4P. The molecule has 0 amide bonds. The summed E-state index contributed by atoms with van der Waals surface area (Å²) in [6, 6.07) is 5.40. The molecule has 1 aromatic carbocycles. The Morgan fingerprint density at radius 1 is 1.00 bits per heavy atom. The van der Waals surface area contributed by atoms with Crippen LogP contribution in [0.5, 0.6) is 5.75 Å².